The Morgan fingerprint density at radius 3 is 3.00 bits per heavy atom. The minimum Gasteiger partial charge on any atom is -0.391 e. The van der Waals surface area contributed by atoms with Crippen molar-refractivity contribution in [1.29, 1.82) is 0 Å². The monoisotopic (exact) mass is 205 g/mol. The van der Waals surface area contributed by atoms with Crippen molar-refractivity contribution >= 4 is 17.5 Å². The summed E-state index contributed by atoms with van der Waals surface area (Å²) in [6.07, 6.45) is 1.95. The Balaban J connectivity index is 2.46. The van der Waals surface area contributed by atoms with Gasteiger partial charge in [-0.3, -0.25) is 4.79 Å². The number of hydrogen-bond acceptors (Lipinski definition) is 2. The number of likely N-dealkylation sites (tertiary alicyclic amines) is 1. The van der Waals surface area contributed by atoms with Gasteiger partial charge >= 0.3 is 0 Å². The molecule has 1 heterocycles. The van der Waals surface area contributed by atoms with Crippen LogP contribution in [0.4, 0.5) is 0 Å². The standard InChI is InChI=1S/C9H16ClNO2/c1-2-8(10)9(13)11-5-3-4-7(12)6-11/h7-8,12H,2-6H2,1H3/t7-,8-/m1/s1. The highest BCUT2D eigenvalue weighted by molar-refractivity contribution is 6.30. The van der Waals surface area contributed by atoms with E-state index in [4.69, 9.17) is 11.6 Å². The van der Waals surface area contributed by atoms with E-state index < -0.39 is 5.38 Å². The molecule has 0 aromatic rings. The summed E-state index contributed by atoms with van der Waals surface area (Å²) in [7, 11) is 0. The van der Waals surface area contributed by atoms with E-state index in [9.17, 15) is 9.90 Å². The van der Waals surface area contributed by atoms with Gasteiger partial charge < -0.3 is 10.0 Å². The molecule has 0 aliphatic carbocycles. The number of nitrogens with zero attached hydrogens (tertiary/aromatic N) is 1. The van der Waals surface area contributed by atoms with Crippen molar-refractivity contribution in [3.05, 3.63) is 0 Å². The molecule has 0 saturated carbocycles. The van der Waals surface area contributed by atoms with Gasteiger partial charge in [0.05, 0.1) is 6.10 Å². The number of piperidine rings is 1. The average molecular weight is 206 g/mol. The quantitative estimate of drug-likeness (QED) is 0.683. The summed E-state index contributed by atoms with van der Waals surface area (Å²) >= 11 is 5.82. The minimum absolute atomic E-state index is 0.0390. The SMILES string of the molecule is CC[C@@H](Cl)C(=O)N1CCC[C@@H](O)C1. The third-order valence-electron chi connectivity index (χ3n) is 2.33. The first-order valence-electron chi connectivity index (χ1n) is 4.76. The van der Waals surface area contributed by atoms with Crippen LogP contribution in [0.25, 0.3) is 0 Å². The molecule has 1 fully saturated rings. The molecule has 1 rings (SSSR count). The van der Waals surface area contributed by atoms with Crippen molar-refractivity contribution in [2.45, 2.75) is 37.7 Å². The topological polar surface area (TPSA) is 40.5 Å². The van der Waals surface area contributed by atoms with E-state index in [1.165, 1.54) is 0 Å². The lowest BCUT2D eigenvalue weighted by Crippen LogP contribution is -2.45. The first-order chi connectivity index (χ1) is 6.15. The largest absolute Gasteiger partial charge is 0.391 e. The number of carbonyl (C=O) groups excluding carboxylic acids is 1. The number of aliphatic hydroxyl groups excluding tert-OH is 1. The molecule has 0 radical (unpaired) electrons. The number of halogens is 1. The molecule has 0 spiro atoms. The molecular formula is C9H16ClNO2. The molecular weight excluding hydrogens is 190 g/mol. The first-order valence-corrected chi connectivity index (χ1v) is 5.19. The average Bonchev–Trinajstić information content (AvgIpc) is 2.15. The number of alkyl halides is 1. The van der Waals surface area contributed by atoms with Gasteiger partial charge in [-0.15, -0.1) is 11.6 Å². The molecule has 1 N–H and O–H groups in total. The van der Waals surface area contributed by atoms with Crippen LogP contribution in [0.2, 0.25) is 0 Å². The normalized spacial score (nSPS) is 25.8. The summed E-state index contributed by atoms with van der Waals surface area (Å²) < 4.78 is 0. The maximum absolute atomic E-state index is 11.6. The van der Waals surface area contributed by atoms with E-state index in [1.54, 1.807) is 4.90 Å². The second kappa shape index (κ2) is 4.82. The van der Waals surface area contributed by atoms with Gasteiger partial charge in [-0.2, -0.15) is 0 Å². The molecule has 13 heavy (non-hydrogen) atoms. The van der Waals surface area contributed by atoms with Crippen LogP contribution < -0.4 is 0 Å². The molecule has 0 aromatic carbocycles. The molecule has 1 saturated heterocycles. The van der Waals surface area contributed by atoms with Gasteiger partial charge in [-0.1, -0.05) is 6.92 Å². The van der Waals surface area contributed by atoms with E-state index in [0.717, 1.165) is 19.4 Å². The zero-order valence-corrected chi connectivity index (χ0v) is 8.63. The van der Waals surface area contributed by atoms with Crippen LogP contribution in [0.1, 0.15) is 26.2 Å². The van der Waals surface area contributed by atoms with Gasteiger partial charge in [0.1, 0.15) is 5.38 Å². The number of hydrogen-bond donors (Lipinski definition) is 1. The lowest BCUT2D eigenvalue weighted by molar-refractivity contribution is -0.133. The number of aliphatic hydroxyl groups is 1. The van der Waals surface area contributed by atoms with Crippen LogP contribution >= 0.6 is 11.6 Å². The number of β-amino-alcohol motifs (C(OH)–C–C–N with tert-alkyl or cyclic N) is 1. The fourth-order valence-electron chi connectivity index (χ4n) is 1.53. The van der Waals surface area contributed by atoms with Gasteiger partial charge in [-0.25, -0.2) is 0 Å². The van der Waals surface area contributed by atoms with E-state index in [1.807, 2.05) is 6.92 Å². The molecule has 1 amide bonds. The van der Waals surface area contributed by atoms with Crippen molar-refractivity contribution in [2.75, 3.05) is 13.1 Å². The number of carbonyl (C=O) groups is 1. The van der Waals surface area contributed by atoms with Crippen LogP contribution in [-0.2, 0) is 4.79 Å². The van der Waals surface area contributed by atoms with Crippen LogP contribution in [0.5, 0.6) is 0 Å². The Morgan fingerprint density at radius 1 is 1.77 bits per heavy atom. The maximum Gasteiger partial charge on any atom is 0.240 e. The zero-order valence-electron chi connectivity index (χ0n) is 7.87. The summed E-state index contributed by atoms with van der Waals surface area (Å²) in [5, 5.41) is 8.92. The smallest absolute Gasteiger partial charge is 0.240 e. The van der Waals surface area contributed by atoms with Crippen molar-refractivity contribution in [3.8, 4) is 0 Å². The lowest BCUT2D eigenvalue weighted by atomic mass is 10.1. The van der Waals surface area contributed by atoms with Gasteiger partial charge in [0.25, 0.3) is 0 Å². The summed E-state index contributed by atoms with van der Waals surface area (Å²) in [4.78, 5) is 13.2. The predicted molar refractivity (Wildman–Crippen MR) is 51.8 cm³/mol. The second-order valence-electron chi connectivity index (χ2n) is 3.46. The van der Waals surface area contributed by atoms with Gasteiger partial charge in [0.15, 0.2) is 0 Å². The van der Waals surface area contributed by atoms with Crippen molar-refractivity contribution < 1.29 is 9.90 Å². The third kappa shape index (κ3) is 2.85. The fraction of sp³-hybridized carbons (Fsp3) is 0.889. The highest BCUT2D eigenvalue weighted by atomic mass is 35.5. The van der Waals surface area contributed by atoms with Gasteiger partial charge in [-0.05, 0) is 19.3 Å². The molecule has 76 valence electrons. The Bertz CT molecular complexity index is 186. The highest BCUT2D eigenvalue weighted by Gasteiger charge is 2.25. The predicted octanol–water partition coefficient (Wildman–Crippen LogP) is 0.987. The maximum atomic E-state index is 11.6. The van der Waals surface area contributed by atoms with Crippen LogP contribution in [0.15, 0.2) is 0 Å². The zero-order chi connectivity index (χ0) is 9.84. The van der Waals surface area contributed by atoms with Crippen LogP contribution in [0.3, 0.4) is 0 Å². The summed E-state index contributed by atoms with van der Waals surface area (Å²) in [5.41, 5.74) is 0. The molecule has 0 bridgehead atoms. The van der Waals surface area contributed by atoms with Gasteiger partial charge in [0.2, 0.25) is 5.91 Å². The van der Waals surface area contributed by atoms with E-state index >= 15 is 0 Å². The van der Waals surface area contributed by atoms with Gasteiger partial charge in [0, 0.05) is 13.1 Å². The molecule has 4 heteroatoms. The van der Waals surface area contributed by atoms with E-state index in [0.29, 0.717) is 13.0 Å². The Labute approximate surface area is 83.7 Å². The molecule has 1 aliphatic heterocycles. The first kappa shape index (κ1) is 10.8. The fourth-order valence-corrected chi connectivity index (χ4v) is 1.67. The molecule has 1 aliphatic rings. The van der Waals surface area contributed by atoms with Crippen molar-refractivity contribution in [3.63, 3.8) is 0 Å². The summed E-state index contributed by atoms with van der Waals surface area (Å²) in [5.74, 6) is -0.0390. The highest BCUT2D eigenvalue weighted by Crippen LogP contribution is 2.14. The molecule has 2 atom stereocenters. The second-order valence-corrected chi connectivity index (χ2v) is 3.98. The van der Waals surface area contributed by atoms with Crippen molar-refractivity contribution in [2.24, 2.45) is 0 Å². The molecule has 0 unspecified atom stereocenters. The Kier molecular flexibility index (Phi) is 4.00. The molecule has 3 nitrogen and oxygen atoms in total. The van der Waals surface area contributed by atoms with E-state index in [2.05, 4.69) is 0 Å². The molecule has 0 aromatic heterocycles. The Hall–Kier alpha value is -0.280. The summed E-state index contributed by atoms with van der Waals surface area (Å²) in [6, 6.07) is 0. The number of amides is 1. The third-order valence-corrected chi connectivity index (χ3v) is 2.83. The number of rotatable bonds is 2. The summed E-state index contributed by atoms with van der Waals surface area (Å²) in [6.45, 7) is 3.07. The lowest BCUT2D eigenvalue weighted by Gasteiger charge is -2.31. The minimum atomic E-state index is -0.426. The Morgan fingerprint density at radius 2 is 2.46 bits per heavy atom. The van der Waals surface area contributed by atoms with E-state index in [-0.39, 0.29) is 12.0 Å². The van der Waals surface area contributed by atoms with Crippen LogP contribution in [0, 0.1) is 0 Å². The van der Waals surface area contributed by atoms with Crippen molar-refractivity contribution in [1.82, 2.24) is 4.90 Å². The van der Waals surface area contributed by atoms with Crippen LogP contribution in [-0.4, -0.2) is 40.5 Å².